The molecule has 1 aromatic rings. The lowest BCUT2D eigenvalue weighted by Crippen LogP contribution is -2.54. The quantitative estimate of drug-likeness (QED) is 0.659. The number of amides is 2. The highest BCUT2D eigenvalue weighted by Crippen LogP contribution is 2.19. The summed E-state index contributed by atoms with van der Waals surface area (Å²) in [6.07, 6.45) is 7.06. The first-order valence-corrected chi connectivity index (χ1v) is 10.4. The van der Waals surface area contributed by atoms with Crippen LogP contribution >= 0.6 is 0 Å². The highest BCUT2D eigenvalue weighted by Gasteiger charge is 2.27. The second-order valence-electron chi connectivity index (χ2n) is 7.85. The average Bonchev–Trinajstić information content (AvgIpc) is 2.70. The van der Waals surface area contributed by atoms with Crippen LogP contribution in [0.15, 0.2) is 18.2 Å². The summed E-state index contributed by atoms with van der Waals surface area (Å²) in [5, 5.41) is 6.05. The number of para-hydroxylation sites is 1. The number of nitrogens with one attached hydrogen (secondary N) is 2. The second kappa shape index (κ2) is 10.4. The van der Waals surface area contributed by atoms with Crippen molar-refractivity contribution in [2.45, 2.75) is 46.1 Å². The van der Waals surface area contributed by atoms with Gasteiger partial charge in [0.2, 0.25) is 11.8 Å². The van der Waals surface area contributed by atoms with Gasteiger partial charge in [-0.2, -0.15) is 0 Å². The summed E-state index contributed by atoms with van der Waals surface area (Å²) in [4.78, 5) is 29.1. The van der Waals surface area contributed by atoms with E-state index in [-0.39, 0.29) is 11.8 Å². The molecule has 0 saturated carbocycles. The van der Waals surface area contributed by atoms with Crippen molar-refractivity contribution in [3.05, 3.63) is 29.3 Å². The lowest BCUT2D eigenvalue weighted by Gasteiger charge is -2.35. The zero-order valence-electron chi connectivity index (χ0n) is 18.2. The van der Waals surface area contributed by atoms with Crippen LogP contribution < -0.4 is 10.6 Å². The van der Waals surface area contributed by atoms with Gasteiger partial charge >= 0.3 is 0 Å². The zero-order valence-corrected chi connectivity index (χ0v) is 18.2. The van der Waals surface area contributed by atoms with E-state index in [9.17, 15) is 9.59 Å². The van der Waals surface area contributed by atoms with Gasteiger partial charge in [0.1, 0.15) is 5.54 Å². The van der Waals surface area contributed by atoms with Gasteiger partial charge in [0.15, 0.2) is 0 Å². The molecule has 1 aliphatic rings. The molecule has 1 aliphatic heterocycles. The first kappa shape index (κ1) is 22.9. The Morgan fingerprint density at radius 1 is 1.00 bits per heavy atom. The molecule has 0 aromatic heterocycles. The maximum Gasteiger partial charge on any atom is 0.238 e. The van der Waals surface area contributed by atoms with Gasteiger partial charge in [0, 0.05) is 31.9 Å². The molecule has 1 fully saturated rings. The lowest BCUT2D eigenvalue weighted by molar-refractivity contribution is -0.124. The zero-order chi connectivity index (χ0) is 21.4. The van der Waals surface area contributed by atoms with Crippen molar-refractivity contribution in [2.24, 2.45) is 0 Å². The molecule has 0 aliphatic carbocycles. The monoisotopic (exact) mass is 398 g/mol. The van der Waals surface area contributed by atoms with E-state index in [4.69, 9.17) is 6.42 Å². The molecule has 2 rings (SSSR count). The summed E-state index contributed by atoms with van der Waals surface area (Å²) in [6, 6.07) is 5.99. The Morgan fingerprint density at radius 2 is 1.48 bits per heavy atom. The van der Waals surface area contributed by atoms with E-state index in [0.29, 0.717) is 13.1 Å². The molecule has 0 atom stereocenters. The molecule has 0 unspecified atom stereocenters. The van der Waals surface area contributed by atoms with Gasteiger partial charge in [-0.1, -0.05) is 38.0 Å². The average molecular weight is 399 g/mol. The van der Waals surface area contributed by atoms with Crippen LogP contribution in [0.1, 0.15) is 37.8 Å². The number of terminal acetylenes is 1. The van der Waals surface area contributed by atoms with Gasteiger partial charge in [-0.25, -0.2) is 0 Å². The molecule has 2 amide bonds. The van der Waals surface area contributed by atoms with E-state index in [0.717, 1.165) is 55.8 Å². The van der Waals surface area contributed by atoms with Gasteiger partial charge in [0.05, 0.1) is 13.1 Å². The third kappa shape index (κ3) is 6.31. The van der Waals surface area contributed by atoms with Crippen LogP contribution in [-0.4, -0.2) is 66.4 Å². The number of hydrogen-bond donors (Lipinski definition) is 2. The second-order valence-corrected chi connectivity index (χ2v) is 7.85. The minimum Gasteiger partial charge on any atom is -0.339 e. The smallest absolute Gasteiger partial charge is 0.238 e. The normalized spacial score (nSPS) is 15.6. The van der Waals surface area contributed by atoms with Crippen LogP contribution in [0.3, 0.4) is 0 Å². The molecular formula is C23H34N4O2. The summed E-state index contributed by atoms with van der Waals surface area (Å²) in [7, 11) is 0. The number of aryl methyl sites for hydroxylation is 2. The molecule has 6 heteroatoms. The Morgan fingerprint density at radius 3 is 1.93 bits per heavy atom. The third-order valence-corrected chi connectivity index (χ3v) is 5.81. The van der Waals surface area contributed by atoms with E-state index in [2.05, 4.69) is 26.4 Å². The van der Waals surface area contributed by atoms with Gasteiger partial charge in [-0.05, 0) is 37.8 Å². The van der Waals surface area contributed by atoms with Crippen molar-refractivity contribution >= 4 is 17.5 Å². The van der Waals surface area contributed by atoms with Crippen LogP contribution in [0.2, 0.25) is 0 Å². The van der Waals surface area contributed by atoms with E-state index in [1.807, 2.05) is 45.9 Å². The van der Waals surface area contributed by atoms with Crippen molar-refractivity contribution in [1.29, 1.82) is 0 Å². The molecule has 29 heavy (non-hydrogen) atoms. The van der Waals surface area contributed by atoms with Crippen molar-refractivity contribution in [2.75, 3.05) is 44.6 Å². The fourth-order valence-corrected chi connectivity index (χ4v) is 3.68. The Bertz CT molecular complexity index is 736. The fraction of sp³-hybridized carbons (Fsp3) is 0.565. The van der Waals surface area contributed by atoms with Crippen LogP contribution in [0.5, 0.6) is 0 Å². The largest absolute Gasteiger partial charge is 0.339 e. The molecule has 0 radical (unpaired) electrons. The minimum absolute atomic E-state index is 0.00158. The summed E-state index contributed by atoms with van der Waals surface area (Å²) in [5.74, 6) is 2.70. The van der Waals surface area contributed by atoms with Crippen molar-refractivity contribution in [3.8, 4) is 12.3 Å². The van der Waals surface area contributed by atoms with Crippen LogP contribution in [0.25, 0.3) is 0 Å². The van der Waals surface area contributed by atoms with Gasteiger partial charge < -0.3 is 10.6 Å². The van der Waals surface area contributed by atoms with Crippen molar-refractivity contribution < 1.29 is 9.59 Å². The Hall–Kier alpha value is -2.36. The number of nitrogens with zero attached hydrogens (tertiary/aromatic N) is 2. The summed E-state index contributed by atoms with van der Waals surface area (Å²) in [5.41, 5.74) is 2.48. The first-order chi connectivity index (χ1) is 13.8. The van der Waals surface area contributed by atoms with E-state index >= 15 is 0 Å². The summed E-state index contributed by atoms with van der Waals surface area (Å²) < 4.78 is 0. The minimum atomic E-state index is -0.551. The number of carbonyl (C=O) groups is 2. The third-order valence-electron chi connectivity index (χ3n) is 5.81. The van der Waals surface area contributed by atoms with E-state index in [1.54, 1.807) is 0 Å². The number of benzene rings is 1. The number of piperazine rings is 1. The Labute approximate surface area is 175 Å². The molecule has 0 spiro atoms. The van der Waals surface area contributed by atoms with E-state index < -0.39 is 5.54 Å². The predicted molar refractivity (Wildman–Crippen MR) is 118 cm³/mol. The SMILES string of the molecule is C#CC(CC)(CC)NC(=O)CN1CCN(CC(=O)Nc2c(C)cccc2C)CC1. The number of hydrogen-bond acceptors (Lipinski definition) is 4. The number of anilines is 1. The highest BCUT2D eigenvalue weighted by atomic mass is 16.2. The van der Waals surface area contributed by atoms with Crippen LogP contribution in [-0.2, 0) is 9.59 Å². The summed E-state index contributed by atoms with van der Waals surface area (Å²) in [6.45, 7) is 11.7. The molecular weight excluding hydrogens is 364 g/mol. The lowest BCUT2D eigenvalue weighted by atomic mass is 9.94. The molecule has 1 heterocycles. The maximum atomic E-state index is 12.5. The van der Waals surface area contributed by atoms with E-state index in [1.165, 1.54) is 0 Å². The number of carbonyl (C=O) groups excluding carboxylic acids is 2. The van der Waals surface area contributed by atoms with Crippen molar-refractivity contribution in [3.63, 3.8) is 0 Å². The topological polar surface area (TPSA) is 64.7 Å². The molecule has 1 saturated heterocycles. The number of rotatable bonds is 8. The summed E-state index contributed by atoms with van der Waals surface area (Å²) >= 11 is 0. The fourth-order valence-electron chi connectivity index (χ4n) is 3.68. The van der Waals surface area contributed by atoms with Gasteiger partial charge in [-0.15, -0.1) is 6.42 Å². The predicted octanol–water partition coefficient (Wildman–Crippen LogP) is 2.17. The van der Waals surface area contributed by atoms with Crippen LogP contribution in [0, 0.1) is 26.2 Å². The molecule has 158 valence electrons. The highest BCUT2D eigenvalue weighted by molar-refractivity contribution is 5.93. The van der Waals surface area contributed by atoms with Crippen molar-refractivity contribution in [1.82, 2.24) is 15.1 Å². The maximum absolute atomic E-state index is 12.5. The van der Waals surface area contributed by atoms with Gasteiger partial charge in [0.25, 0.3) is 0 Å². The Balaban J connectivity index is 1.78. The molecule has 1 aromatic carbocycles. The van der Waals surface area contributed by atoms with Gasteiger partial charge in [-0.3, -0.25) is 19.4 Å². The first-order valence-electron chi connectivity index (χ1n) is 10.4. The molecule has 6 nitrogen and oxygen atoms in total. The van der Waals surface area contributed by atoms with Crippen LogP contribution in [0.4, 0.5) is 5.69 Å². The Kier molecular flexibility index (Phi) is 8.24. The standard InChI is InChI=1S/C23H34N4O2/c1-6-23(7-2,8-3)25-21(29)17-27-14-12-26(13-15-27)16-20(28)24-22-18(4)10-9-11-19(22)5/h1,9-11H,7-8,12-17H2,2-5H3,(H,24,28)(H,25,29). The molecule has 0 bridgehead atoms. The molecule has 2 N–H and O–H groups in total.